The molecule has 3 fully saturated rings. The van der Waals surface area contributed by atoms with Crippen LogP contribution in [-0.2, 0) is 14.3 Å². The molecule has 2 saturated carbocycles. The number of amides is 2. The molecule has 7 atom stereocenters. The van der Waals surface area contributed by atoms with Crippen molar-refractivity contribution >= 4 is 23.7 Å². The Bertz CT molecular complexity index is 1070. The lowest BCUT2D eigenvalue weighted by Crippen LogP contribution is -2.61. The SMILES string of the molecule is CCOC(=O)c1cccc(NC(=O)O[C@@H]2CC[C@]3(C)C(CC[C@@H](O)[C@H]3CC(=O)N3CC[C@@H](O)C3)[C@]2(C)CO)c1. The maximum atomic E-state index is 13.1. The zero-order valence-electron chi connectivity index (χ0n) is 23.1. The normalized spacial score (nSPS) is 34.2. The molecule has 2 aliphatic carbocycles. The van der Waals surface area contributed by atoms with Gasteiger partial charge in [0.2, 0.25) is 5.91 Å². The van der Waals surface area contributed by atoms with Crippen molar-refractivity contribution in [3.63, 3.8) is 0 Å². The summed E-state index contributed by atoms with van der Waals surface area (Å²) in [6.45, 7) is 6.60. The number of anilines is 1. The third kappa shape index (κ3) is 5.93. The van der Waals surface area contributed by atoms with Crippen LogP contribution in [0.4, 0.5) is 10.5 Å². The number of aliphatic hydroxyl groups is 3. The Kier molecular flexibility index (Phi) is 8.88. The van der Waals surface area contributed by atoms with Gasteiger partial charge in [-0.1, -0.05) is 19.9 Å². The fourth-order valence-electron chi connectivity index (χ4n) is 7.28. The molecule has 1 aromatic rings. The first-order chi connectivity index (χ1) is 18.5. The van der Waals surface area contributed by atoms with Gasteiger partial charge in [-0.15, -0.1) is 0 Å². The Hall–Kier alpha value is -2.69. The van der Waals surface area contributed by atoms with E-state index in [1.807, 2.05) is 6.92 Å². The van der Waals surface area contributed by atoms with E-state index in [1.54, 1.807) is 30.0 Å². The largest absolute Gasteiger partial charge is 0.462 e. The van der Waals surface area contributed by atoms with Crippen LogP contribution in [0.25, 0.3) is 0 Å². The number of β-amino-alcohol motifs (C(OH)–C–C–N with tert-alkyl or cyclic N) is 1. The van der Waals surface area contributed by atoms with E-state index in [-0.39, 0.29) is 37.4 Å². The quantitative estimate of drug-likeness (QED) is 0.382. The minimum Gasteiger partial charge on any atom is -0.462 e. The fourth-order valence-corrected chi connectivity index (χ4v) is 7.28. The van der Waals surface area contributed by atoms with E-state index < -0.39 is 41.2 Å². The van der Waals surface area contributed by atoms with Crippen LogP contribution in [0.15, 0.2) is 24.3 Å². The lowest BCUT2D eigenvalue weighted by Gasteiger charge is -2.60. The number of nitrogens with zero attached hydrogens (tertiary/aromatic N) is 1. The monoisotopic (exact) mass is 546 g/mol. The first kappa shape index (κ1) is 29.3. The number of ether oxygens (including phenoxy) is 2. The van der Waals surface area contributed by atoms with Crippen molar-refractivity contribution in [2.24, 2.45) is 22.7 Å². The summed E-state index contributed by atoms with van der Waals surface area (Å²) in [5.41, 5.74) is -0.507. The molecule has 2 amide bonds. The number of carbonyl (C=O) groups excluding carboxylic acids is 3. The third-order valence-electron chi connectivity index (χ3n) is 9.46. The number of esters is 1. The standard InChI is InChI=1S/C29H42N2O8/c1-4-38-26(36)18-6-5-7-19(14-18)30-27(37)39-24-10-12-28(2)21(15-25(35)31-13-11-20(33)16-31)22(34)8-9-23(28)29(24,3)17-32/h5-7,14,20-24,32-34H,4,8-13,15-17H2,1-3H3,(H,30,37)/t20-,21-,22-,23?,24-,28+,29+/m1/s1. The maximum absolute atomic E-state index is 13.1. The highest BCUT2D eigenvalue weighted by Crippen LogP contribution is 2.61. The van der Waals surface area contributed by atoms with Gasteiger partial charge >= 0.3 is 12.1 Å². The Morgan fingerprint density at radius 3 is 2.56 bits per heavy atom. The van der Waals surface area contributed by atoms with Crippen molar-refractivity contribution in [3.05, 3.63) is 29.8 Å². The molecule has 1 unspecified atom stereocenters. The van der Waals surface area contributed by atoms with Gasteiger partial charge in [-0.2, -0.15) is 0 Å². The number of carbonyl (C=O) groups is 3. The highest BCUT2D eigenvalue weighted by molar-refractivity contribution is 5.92. The van der Waals surface area contributed by atoms with Gasteiger partial charge in [0.1, 0.15) is 6.10 Å². The first-order valence-corrected chi connectivity index (χ1v) is 14.0. The number of benzene rings is 1. The number of rotatable bonds is 7. The number of hydrogen-bond acceptors (Lipinski definition) is 8. The maximum Gasteiger partial charge on any atom is 0.411 e. The topological polar surface area (TPSA) is 146 Å². The van der Waals surface area contributed by atoms with Gasteiger partial charge in [0, 0.05) is 30.6 Å². The molecule has 3 aliphatic rings. The lowest BCUT2D eigenvalue weighted by atomic mass is 9.46. The summed E-state index contributed by atoms with van der Waals surface area (Å²) < 4.78 is 10.9. The Labute approximate surface area is 229 Å². The van der Waals surface area contributed by atoms with Gasteiger partial charge in [-0.3, -0.25) is 10.1 Å². The molecular formula is C29H42N2O8. The first-order valence-electron chi connectivity index (χ1n) is 14.0. The molecule has 1 heterocycles. The predicted octanol–water partition coefficient (Wildman–Crippen LogP) is 2.95. The van der Waals surface area contributed by atoms with Crippen LogP contribution in [0.2, 0.25) is 0 Å². The third-order valence-corrected chi connectivity index (χ3v) is 9.46. The summed E-state index contributed by atoms with van der Waals surface area (Å²) in [6.07, 6.45) is 0.590. The average molecular weight is 547 g/mol. The molecule has 216 valence electrons. The summed E-state index contributed by atoms with van der Waals surface area (Å²) in [5.74, 6) is -0.930. The van der Waals surface area contributed by atoms with Gasteiger partial charge in [0.05, 0.1) is 31.0 Å². The van der Waals surface area contributed by atoms with Crippen LogP contribution in [-0.4, -0.2) is 82.8 Å². The van der Waals surface area contributed by atoms with Crippen LogP contribution in [0.1, 0.15) is 69.7 Å². The van der Waals surface area contributed by atoms with Crippen LogP contribution < -0.4 is 5.32 Å². The summed E-state index contributed by atoms with van der Waals surface area (Å²) in [5, 5.41) is 34.2. The van der Waals surface area contributed by atoms with Crippen molar-refractivity contribution in [1.82, 2.24) is 4.90 Å². The predicted molar refractivity (Wildman–Crippen MR) is 143 cm³/mol. The molecule has 1 saturated heterocycles. The number of hydrogen-bond donors (Lipinski definition) is 4. The molecule has 0 aromatic heterocycles. The molecule has 1 aliphatic heterocycles. The molecule has 4 rings (SSSR count). The molecule has 39 heavy (non-hydrogen) atoms. The number of likely N-dealkylation sites (tertiary alicyclic amines) is 1. The summed E-state index contributed by atoms with van der Waals surface area (Å²) in [4.78, 5) is 39.7. The molecule has 0 bridgehead atoms. The van der Waals surface area contributed by atoms with Crippen LogP contribution in [0.5, 0.6) is 0 Å². The van der Waals surface area contributed by atoms with Gasteiger partial charge in [-0.25, -0.2) is 9.59 Å². The highest BCUT2D eigenvalue weighted by Gasteiger charge is 2.60. The van der Waals surface area contributed by atoms with E-state index in [0.29, 0.717) is 56.4 Å². The van der Waals surface area contributed by atoms with Gasteiger partial charge in [-0.05, 0) is 74.5 Å². The number of nitrogens with one attached hydrogen (secondary N) is 1. The van der Waals surface area contributed by atoms with Gasteiger partial charge in [0.25, 0.3) is 0 Å². The zero-order valence-corrected chi connectivity index (χ0v) is 23.1. The summed E-state index contributed by atoms with van der Waals surface area (Å²) in [7, 11) is 0. The van der Waals surface area contributed by atoms with Crippen LogP contribution in [0.3, 0.4) is 0 Å². The Morgan fingerprint density at radius 2 is 1.90 bits per heavy atom. The van der Waals surface area contributed by atoms with Crippen LogP contribution >= 0.6 is 0 Å². The zero-order chi connectivity index (χ0) is 28.4. The molecule has 10 nitrogen and oxygen atoms in total. The number of fused-ring (bicyclic) bond motifs is 1. The van der Waals surface area contributed by atoms with E-state index in [9.17, 15) is 29.7 Å². The molecular weight excluding hydrogens is 504 g/mol. The fraction of sp³-hybridized carbons (Fsp3) is 0.690. The van der Waals surface area contributed by atoms with Crippen molar-refractivity contribution in [2.45, 2.75) is 77.6 Å². The summed E-state index contributed by atoms with van der Waals surface area (Å²) >= 11 is 0. The highest BCUT2D eigenvalue weighted by atomic mass is 16.6. The van der Waals surface area contributed by atoms with Crippen molar-refractivity contribution in [2.75, 3.05) is 31.6 Å². The molecule has 0 spiro atoms. The van der Waals surface area contributed by atoms with Crippen molar-refractivity contribution in [3.8, 4) is 0 Å². The van der Waals surface area contributed by atoms with E-state index >= 15 is 0 Å². The molecule has 0 radical (unpaired) electrons. The van der Waals surface area contributed by atoms with E-state index in [2.05, 4.69) is 12.2 Å². The lowest BCUT2D eigenvalue weighted by molar-refractivity contribution is -0.186. The Balaban J connectivity index is 1.46. The minimum absolute atomic E-state index is 0.0639. The molecule has 1 aromatic carbocycles. The van der Waals surface area contributed by atoms with Gasteiger partial charge in [0.15, 0.2) is 0 Å². The molecule has 4 N–H and O–H groups in total. The second-order valence-corrected chi connectivity index (χ2v) is 11.8. The second-order valence-electron chi connectivity index (χ2n) is 11.8. The average Bonchev–Trinajstić information content (AvgIpc) is 3.34. The van der Waals surface area contributed by atoms with Crippen LogP contribution in [0, 0.1) is 22.7 Å². The number of aliphatic hydroxyl groups excluding tert-OH is 3. The van der Waals surface area contributed by atoms with E-state index in [1.165, 1.54) is 6.07 Å². The van der Waals surface area contributed by atoms with Crippen molar-refractivity contribution < 1.29 is 39.2 Å². The van der Waals surface area contributed by atoms with Crippen molar-refractivity contribution in [1.29, 1.82) is 0 Å². The molecule has 10 heteroatoms. The second kappa shape index (κ2) is 11.8. The van der Waals surface area contributed by atoms with Gasteiger partial charge < -0.3 is 29.7 Å². The van der Waals surface area contributed by atoms with E-state index in [4.69, 9.17) is 9.47 Å². The Morgan fingerprint density at radius 1 is 1.13 bits per heavy atom. The minimum atomic E-state index is -0.775. The summed E-state index contributed by atoms with van der Waals surface area (Å²) in [6, 6.07) is 6.41. The smallest absolute Gasteiger partial charge is 0.411 e. The van der Waals surface area contributed by atoms with E-state index in [0.717, 1.165) is 0 Å².